The highest BCUT2D eigenvalue weighted by molar-refractivity contribution is 7.89. The molecule has 7 heteroatoms. The first-order chi connectivity index (χ1) is 8.88. The molecule has 1 aromatic rings. The second-order valence-electron chi connectivity index (χ2n) is 4.17. The lowest BCUT2D eigenvalue weighted by atomic mass is 10.3. The van der Waals surface area contributed by atoms with Crippen LogP contribution in [0.25, 0.3) is 0 Å². The summed E-state index contributed by atoms with van der Waals surface area (Å²) in [5, 5.41) is 3.04. The Morgan fingerprint density at radius 2 is 2.00 bits per heavy atom. The molecule has 0 aliphatic heterocycles. The monoisotopic (exact) mass is 285 g/mol. The summed E-state index contributed by atoms with van der Waals surface area (Å²) >= 11 is 0. The normalized spacial score (nSPS) is 12.9. The zero-order chi connectivity index (χ0) is 14.5. The average molecular weight is 285 g/mol. The maximum atomic E-state index is 12.2. The van der Waals surface area contributed by atoms with Crippen molar-refractivity contribution in [2.24, 2.45) is 5.73 Å². The molecule has 0 aliphatic carbocycles. The van der Waals surface area contributed by atoms with Crippen LogP contribution in [0, 0.1) is 0 Å². The summed E-state index contributed by atoms with van der Waals surface area (Å²) in [6, 6.07) is 5.58. The Morgan fingerprint density at radius 1 is 1.37 bits per heavy atom. The highest BCUT2D eigenvalue weighted by atomic mass is 32.2. The molecule has 1 aromatic carbocycles. The van der Waals surface area contributed by atoms with E-state index in [0.717, 1.165) is 6.42 Å². The number of benzene rings is 1. The summed E-state index contributed by atoms with van der Waals surface area (Å²) in [6.45, 7) is 4.05. The maximum Gasteiger partial charge on any atom is 0.243 e. The van der Waals surface area contributed by atoms with E-state index in [1.54, 1.807) is 18.2 Å². The largest absolute Gasteiger partial charge is 0.384 e. The number of nitrogens with two attached hydrogens (primary N) is 1. The number of rotatable bonds is 7. The second-order valence-corrected chi connectivity index (χ2v) is 5.85. The number of para-hydroxylation sites is 1. The summed E-state index contributed by atoms with van der Waals surface area (Å²) in [5.74, 6) is -0.720. The van der Waals surface area contributed by atoms with E-state index in [4.69, 9.17) is 5.73 Å². The van der Waals surface area contributed by atoms with Crippen LogP contribution in [0.4, 0.5) is 5.69 Å². The summed E-state index contributed by atoms with van der Waals surface area (Å²) < 4.78 is 26.6. The Kier molecular flexibility index (Phi) is 5.31. The quantitative estimate of drug-likeness (QED) is 0.685. The van der Waals surface area contributed by atoms with Crippen molar-refractivity contribution in [2.75, 3.05) is 11.9 Å². The minimum absolute atomic E-state index is 0.108. The standard InChI is InChI=1S/C12H19N3O3S/c1-3-8-14-10-6-4-5-7-11(10)19(17,18)15-9(2)12(13)16/h4-7,9,14-15H,3,8H2,1-2H3,(H2,13,16). The smallest absolute Gasteiger partial charge is 0.243 e. The lowest BCUT2D eigenvalue weighted by Crippen LogP contribution is -2.42. The second kappa shape index (κ2) is 6.53. The third-order valence-electron chi connectivity index (χ3n) is 2.50. The van der Waals surface area contributed by atoms with Gasteiger partial charge in [0, 0.05) is 6.54 Å². The molecule has 0 heterocycles. The number of nitrogens with one attached hydrogen (secondary N) is 2. The van der Waals surface area contributed by atoms with Gasteiger partial charge >= 0.3 is 0 Å². The van der Waals surface area contributed by atoms with Gasteiger partial charge in [0.15, 0.2) is 0 Å². The van der Waals surface area contributed by atoms with Crippen LogP contribution < -0.4 is 15.8 Å². The van der Waals surface area contributed by atoms with Crippen LogP contribution in [-0.2, 0) is 14.8 Å². The molecule has 0 fully saturated rings. The number of carbonyl (C=O) groups is 1. The van der Waals surface area contributed by atoms with Gasteiger partial charge in [-0.3, -0.25) is 4.79 Å². The lowest BCUT2D eigenvalue weighted by molar-refractivity contribution is -0.119. The fourth-order valence-corrected chi connectivity index (χ4v) is 2.86. The molecule has 1 amide bonds. The van der Waals surface area contributed by atoms with E-state index in [1.165, 1.54) is 13.0 Å². The number of carbonyl (C=O) groups excluding carboxylic acids is 1. The van der Waals surface area contributed by atoms with Crippen LogP contribution >= 0.6 is 0 Å². The van der Waals surface area contributed by atoms with Gasteiger partial charge in [0.1, 0.15) is 4.90 Å². The first-order valence-electron chi connectivity index (χ1n) is 6.03. The molecule has 1 atom stereocenters. The number of anilines is 1. The van der Waals surface area contributed by atoms with E-state index < -0.39 is 22.0 Å². The molecule has 19 heavy (non-hydrogen) atoms. The Morgan fingerprint density at radius 3 is 2.58 bits per heavy atom. The number of primary amides is 1. The molecule has 0 radical (unpaired) electrons. The van der Waals surface area contributed by atoms with Gasteiger partial charge < -0.3 is 11.1 Å². The summed E-state index contributed by atoms with van der Waals surface area (Å²) in [6.07, 6.45) is 0.875. The Balaban J connectivity index is 3.03. The molecule has 0 bridgehead atoms. The molecule has 0 aliphatic rings. The first kappa shape index (κ1) is 15.5. The highest BCUT2D eigenvalue weighted by Gasteiger charge is 2.22. The van der Waals surface area contributed by atoms with Crippen molar-refractivity contribution in [1.82, 2.24) is 4.72 Å². The molecule has 0 saturated carbocycles. The minimum atomic E-state index is -3.78. The molecule has 6 nitrogen and oxygen atoms in total. The molecule has 4 N–H and O–H groups in total. The van der Waals surface area contributed by atoms with Crippen LogP contribution in [0.3, 0.4) is 0 Å². The van der Waals surface area contributed by atoms with E-state index in [1.807, 2.05) is 6.92 Å². The van der Waals surface area contributed by atoms with Crippen molar-refractivity contribution in [3.63, 3.8) is 0 Å². The Hall–Kier alpha value is -1.60. The van der Waals surface area contributed by atoms with Gasteiger partial charge in [-0.15, -0.1) is 0 Å². The SMILES string of the molecule is CCCNc1ccccc1S(=O)(=O)NC(C)C(N)=O. The lowest BCUT2D eigenvalue weighted by Gasteiger charge is -2.15. The Bertz CT molecular complexity index is 543. The molecule has 0 saturated heterocycles. The summed E-state index contributed by atoms with van der Waals surface area (Å²) in [4.78, 5) is 11.1. The number of hydrogen-bond donors (Lipinski definition) is 3. The van der Waals surface area contributed by atoms with Crippen LogP contribution in [-0.4, -0.2) is 26.9 Å². The average Bonchev–Trinajstić information content (AvgIpc) is 2.36. The fourth-order valence-electron chi connectivity index (χ4n) is 1.46. The van der Waals surface area contributed by atoms with Gasteiger partial charge in [-0.05, 0) is 25.5 Å². The highest BCUT2D eigenvalue weighted by Crippen LogP contribution is 2.20. The molecule has 0 aromatic heterocycles. The third-order valence-corrected chi connectivity index (χ3v) is 4.10. The number of hydrogen-bond acceptors (Lipinski definition) is 4. The number of amides is 1. The molecule has 106 valence electrons. The van der Waals surface area contributed by atoms with Crippen LogP contribution in [0.2, 0.25) is 0 Å². The zero-order valence-electron chi connectivity index (χ0n) is 11.0. The van der Waals surface area contributed by atoms with Gasteiger partial charge in [0.2, 0.25) is 15.9 Å². The fraction of sp³-hybridized carbons (Fsp3) is 0.417. The van der Waals surface area contributed by atoms with Gasteiger partial charge in [-0.1, -0.05) is 19.1 Å². The van der Waals surface area contributed by atoms with Gasteiger partial charge in [0.25, 0.3) is 0 Å². The van der Waals surface area contributed by atoms with Crippen molar-refractivity contribution in [3.8, 4) is 0 Å². The summed E-state index contributed by atoms with van der Waals surface area (Å²) in [7, 11) is -3.78. The van der Waals surface area contributed by atoms with Crippen LogP contribution in [0.1, 0.15) is 20.3 Å². The van der Waals surface area contributed by atoms with E-state index >= 15 is 0 Å². The molecule has 1 unspecified atom stereocenters. The topological polar surface area (TPSA) is 101 Å². The van der Waals surface area contributed by atoms with Gasteiger partial charge in [-0.25, -0.2) is 8.42 Å². The number of sulfonamides is 1. The van der Waals surface area contributed by atoms with E-state index in [9.17, 15) is 13.2 Å². The van der Waals surface area contributed by atoms with Crippen molar-refractivity contribution >= 4 is 21.6 Å². The zero-order valence-corrected chi connectivity index (χ0v) is 11.8. The predicted molar refractivity (Wildman–Crippen MR) is 74.2 cm³/mol. The summed E-state index contributed by atoms with van der Waals surface area (Å²) in [5.41, 5.74) is 5.57. The van der Waals surface area contributed by atoms with Crippen molar-refractivity contribution in [2.45, 2.75) is 31.2 Å². The van der Waals surface area contributed by atoms with E-state index in [2.05, 4.69) is 10.0 Å². The van der Waals surface area contributed by atoms with Crippen molar-refractivity contribution in [1.29, 1.82) is 0 Å². The molecule has 1 rings (SSSR count). The molecule has 0 spiro atoms. The maximum absolute atomic E-state index is 12.2. The van der Waals surface area contributed by atoms with Crippen molar-refractivity contribution in [3.05, 3.63) is 24.3 Å². The Labute approximate surface area is 113 Å². The van der Waals surface area contributed by atoms with Crippen molar-refractivity contribution < 1.29 is 13.2 Å². The van der Waals surface area contributed by atoms with Gasteiger partial charge in [0.05, 0.1) is 11.7 Å². The van der Waals surface area contributed by atoms with Crippen LogP contribution in [0.15, 0.2) is 29.2 Å². The molecular weight excluding hydrogens is 266 g/mol. The van der Waals surface area contributed by atoms with E-state index in [-0.39, 0.29) is 4.90 Å². The third kappa shape index (κ3) is 4.22. The van der Waals surface area contributed by atoms with E-state index in [0.29, 0.717) is 12.2 Å². The predicted octanol–water partition coefficient (Wildman–Crippen LogP) is 0.661. The molecular formula is C12H19N3O3S. The van der Waals surface area contributed by atoms with Gasteiger partial charge in [-0.2, -0.15) is 4.72 Å². The minimum Gasteiger partial charge on any atom is -0.384 e. The first-order valence-corrected chi connectivity index (χ1v) is 7.51. The van der Waals surface area contributed by atoms with Crippen LogP contribution in [0.5, 0.6) is 0 Å².